The number of nitrogens with two attached hydrogens (primary N) is 1. The first-order chi connectivity index (χ1) is 8.00. The van der Waals surface area contributed by atoms with Gasteiger partial charge in [0.15, 0.2) is 0 Å². The molecule has 0 spiro atoms. The Morgan fingerprint density at radius 2 is 1.82 bits per heavy atom. The molecule has 0 saturated heterocycles. The van der Waals surface area contributed by atoms with E-state index in [0.29, 0.717) is 0 Å². The van der Waals surface area contributed by atoms with E-state index in [1.54, 1.807) is 0 Å². The molecule has 1 fully saturated rings. The summed E-state index contributed by atoms with van der Waals surface area (Å²) in [5.74, 6) is -1.57. The molecule has 5 heteroatoms. The summed E-state index contributed by atoms with van der Waals surface area (Å²) in [6, 6.07) is 0.971. The van der Waals surface area contributed by atoms with E-state index in [0.717, 1.165) is 31.4 Å². The normalized spacial score (nSPS) is 19.8. The molecule has 94 valence electrons. The van der Waals surface area contributed by atoms with Crippen molar-refractivity contribution >= 4 is 11.6 Å². The summed E-state index contributed by atoms with van der Waals surface area (Å²) in [6.07, 6.45) is 1.83. The van der Waals surface area contributed by atoms with Gasteiger partial charge < -0.3 is 10.8 Å². The molecule has 0 heterocycles. The van der Waals surface area contributed by atoms with Gasteiger partial charge in [-0.1, -0.05) is 18.0 Å². The zero-order valence-electron chi connectivity index (χ0n) is 9.17. The SMILES string of the molecule is N[C@@H](c1c(F)cc(Cl)cc1F)[C@H](O)C1CCC1. The lowest BCUT2D eigenvalue weighted by Gasteiger charge is -2.34. The van der Waals surface area contributed by atoms with E-state index < -0.39 is 23.8 Å². The van der Waals surface area contributed by atoms with Crippen molar-refractivity contribution < 1.29 is 13.9 Å². The maximum absolute atomic E-state index is 13.6. The first kappa shape index (κ1) is 12.7. The van der Waals surface area contributed by atoms with Crippen LogP contribution in [0.1, 0.15) is 30.9 Å². The third kappa shape index (κ3) is 2.44. The highest BCUT2D eigenvalue weighted by Gasteiger charge is 2.33. The minimum Gasteiger partial charge on any atom is -0.391 e. The van der Waals surface area contributed by atoms with E-state index in [1.807, 2.05) is 0 Å². The van der Waals surface area contributed by atoms with Crippen molar-refractivity contribution in [2.75, 3.05) is 0 Å². The molecule has 17 heavy (non-hydrogen) atoms. The second kappa shape index (κ2) is 4.88. The van der Waals surface area contributed by atoms with E-state index in [1.165, 1.54) is 0 Å². The van der Waals surface area contributed by atoms with E-state index in [9.17, 15) is 13.9 Å². The lowest BCUT2D eigenvalue weighted by molar-refractivity contribution is 0.0395. The number of rotatable bonds is 3. The summed E-state index contributed by atoms with van der Waals surface area (Å²) in [7, 11) is 0. The standard InChI is InChI=1S/C12H14ClF2NO/c13-7-4-8(14)10(9(15)5-7)11(16)12(17)6-2-1-3-6/h4-6,11-12,17H,1-3,16H2/t11-,12+/m0/s1. The molecule has 2 rings (SSSR count). The van der Waals surface area contributed by atoms with Gasteiger partial charge in [-0.15, -0.1) is 0 Å². The highest BCUT2D eigenvalue weighted by molar-refractivity contribution is 6.30. The van der Waals surface area contributed by atoms with Gasteiger partial charge >= 0.3 is 0 Å². The smallest absolute Gasteiger partial charge is 0.132 e. The maximum atomic E-state index is 13.6. The van der Waals surface area contributed by atoms with Crippen LogP contribution in [0, 0.1) is 17.6 Å². The first-order valence-electron chi connectivity index (χ1n) is 5.59. The van der Waals surface area contributed by atoms with Crippen LogP contribution in [0.3, 0.4) is 0 Å². The summed E-state index contributed by atoms with van der Waals surface area (Å²) in [4.78, 5) is 0. The van der Waals surface area contributed by atoms with Crippen LogP contribution >= 0.6 is 11.6 Å². The molecule has 0 aromatic heterocycles. The van der Waals surface area contributed by atoms with Crippen LogP contribution in [-0.2, 0) is 0 Å². The Kier molecular flexibility index (Phi) is 3.66. The van der Waals surface area contributed by atoms with Crippen molar-refractivity contribution in [2.24, 2.45) is 11.7 Å². The predicted octanol–water partition coefficient (Wildman–Crippen LogP) is 2.78. The van der Waals surface area contributed by atoms with Gasteiger partial charge in [-0.25, -0.2) is 8.78 Å². The number of halogens is 3. The van der Waals surface area contributed by atoms with Crippen LogP contribution in [0.4, 0.5) is 8.78 Å². The average molecular weight is 262 g/mol. The Hall–Kier alpha value is -0.710. The maximum Gasteiger partial charge on any atom is 0.132 e. The van der Waals surface area contributed by atoms with Crippen molar-refractivity contribution in [3.05, 3.63) is 34.4 Å². The Morgan fingerprint density at radius 3 is 2.24 bits per heavy atom. The van der Waals surface area contributed by atoms with Crippen molar-refractivity contribution in [2.45, 2.75) is 31.4 Å². The number of hydrogen-bond donors (Lipinski definition) is 2. The van der Waals surface area contributed by atoms with Crippen LogP contribution in [-0.4, -0.2) is 11.2 Å². The topological polar surface area (TPSA) is 46.2 Å². The Labute approximate surface area is 103 Å². The molecule has 0 amide bonds. The summed E-state index contributed by atoms with van der Waals surface area (Å²) >= 11 is 5.52. The molecule has 1 aliphatic carbocycles. The third-order valence-electron chi connectivity index (χ3n) is 3.38. The van der Waals surface area contributed by atoms with Crippen molar-refractivity contribution in [3.8, 4) is 0 Å². The van der Waals surface area contributed by atoms with Crippen molar-refractivity contribution in [3.63, 3.8) is 0 Å². The van der Waals surface area contributed by atoms with Gasteiger partial charge in [0, 0.05) is 10.6 Å². The third-order valence-corrected chi connectivity index (χ3v) is 3.60. The number of aliphatic hydroxyl groups is 1. The molecule has 2 nitrogen and oxygen atoms in total. The molecule has 0 unspecified atom stereocenters. The number of benzene rings is 1. The minimum absolute atomic E-state index is 0.0194. The van der Waals surface area contributed by atoms with Crippen LogP contribution < -0.4 is 5.73 Å². The molecule has 0 aliphatic heterocycles. The van der Waals surface area contributed by atoms with E-state index in [4.69, 9.17) is 17.3 Å². The molecular weight excluding hydrogens is 248 g/mol. The molecule has 3 N–H and O–H groups in total. The van der Waals surface area contributed by atoms with E-state index in [-0.39, 0.29) is 16.5 Å². The van der Waals surface area contributed by atoms with Crippen molar-refractivity contribution in [1.82, 2.24) is 0 Å². The lowest BCUT2D eigenvalue weighted by atomic mass is 9.77. The predicted molar refractivity (Wildman–Crippen MR) is 61.6 cm³/mol. The second-order valence-corrected chi connectivity index (χ2v) is 4.93. The Bertz CT molecular complexity index is 400. The molecule has 1 saturated carbocycles. The van der Waals surface area contributed by atoms with Gasteiger partial charge in [0.05, 0.1) is 12.1 Å². The fourth-order valence-electron chi connectivity index (χ4n) is 2.12. The lowest BCUT2D eigenvalue weighted by Crippen LogP contribution is -2.37. The average Bonchev–Trinajstić information content (AvgIpc) is 2.12. The fraction of sp³-hybridized carbons (Fsp3) is 0.500. The van der Waals surface area contributed by atoms with Gasteiger partial charge in [-0.3, -0.25) is 0 Å². The molecule has 1 aliphatic rings. The highest BCUT2D eigenvalue weighted by Crippen LogP contribution is 2.35. The van der Waals surface area contributed by atoms with Crippen LogP contribution in [0.15, 0.2) is 12.1 Å². The summed E-state index contributed by atoms with van der Waals surface area (Å²) in [6.45, 7) is 0. The molecule has 1 aromatic carbocycles. The summed E-state index contributed by atoms with van der Waals surface area (Å²) in [5, 5.41) is 9.90. The summed E-state index contributed by atoms with van der Waals surface area (Å²) < 4.78 is 27.2. The second-order valence-electron chi connectivity index (χ2n) is 4.49. The zero-order valence-corrected chi connectivity index (χ0v) is 9.92. The van der Waals surface area contributed by atoms with Crippen molar-refractivity contribution in [1.29, 1.82) is 0 Å². The number of hydrogen-bond acceptors (Lipinski definition) is 2. The largest absolute Gasteiger partial charge is 0.391 e. The molecule has 1 aromatic rings. The zero-order chi connectivity index (χ0) is 12.6. The summed E-state index contributed by atoms with van der Waals surface area (Å²) in [5.41, 5.74) is 5.44. The minimum atomic E-state index is -1.04. The number of aliphatic hydroxyl groups excluding tert-OH is 1. The van der Waals surface area contributed by atoms with Gasteiger partial charge in [-0.2, -0.15) is 0 Å². The van der Waals surface area contributed by atoms with Gasteiger partial charge in [-0.05, 0) is 30.9 Å². The van der Waals surface area contributed by atoms with E-state index in [2.05, 4.69) is 0 Å². The van der Waals surface area contributed by atoms with Gasteiger partial charge in [0.2, 0.25) is 0 Å². The van der Waals surface area contributed by atoms with Crippen LogP contribution in [0.25, 0.3) is 0 Å². The van der Waals surface area contributed by atoms with E-state index >= 15 is 0 Å². The Morgan fingerprint density at radius 1 is 1.29 bits per heavy atom. The van der Waals surface area contributed by atoms with Crippen LogP contribution in [0.2, 0.25) is 5.02 Å². The fourth-order valence-corrected chi connectivity index (χ4v) is 2.31. The highest BCUT2D eigenvalue weighted by atomic mass is 35.5. The van der Waals surface area contributed by atoms with Gasteiger partial charge in [0.25, 0.3) is 0 Å². The quantitative estimate of drug-likeness (QED) is 0.879. The van der Waals surface area contributed by atoms with Crippen LogP contribution in [0.5, 0.6) is 0 Å². The molecule has 0 bridgehead atoms. The first-order valence-corrected chi connectivity index (χ1v) is 5.96. The molecule has 2 atom stereocenters. The molecular formula is C12H14ClF2NO. The van der Waals surface area contributed by atoms with Gasteiger partial charge in [0.1, 0.15) is 11.6 Å². The Balaban J connectivity index is 2.26. The molecule has 0 radical (unpaired) electrons. The monoisotopic (exact) mass is 261 g/mol.